The smallest absolute Gasteiger partial charge is 0.123 e. The number of nitriles is 1. The van der Waals surface area contributed by atoms with Crippen LogP contribution in [0.25, 0.3) is 0 Å². The van der Waals surface area contributed by atoms with Crippen LogP contribution in [0.4, 0.5) is 0 Å². The maximum Gasteiger partial charge on any atom is 0.123 e. The van der Waals surface area contributed by atoms with Crippen molar-refractivity contribution >= 4 is 0 Å². The normalized spacial score (nSPS) is 11.6. The number of aryl methyl sites for hydroxylation is 3. The molecule has 0 radical (unpaired) electrons. The van der Waals surface area contributed by atoms with E-state index < -0.39 is 0 Å². The zero-order chi connectivity index (χ0) is 16.8. The van der Waals surface area contributed by atoms with Gasteiger partial charge >= 0.3 is 0 Å². The van der Waals surface area contributed by atoms with E-state index in [1.807, 2.05) is 31.2 Å². The molecule has 0 heterocycles. The highest BCUT2D eigenvalue weighted by atomic mass is 16.5. The number of benzene rings is 2. The van der Waals surface area contributed by atoms with Crippen molar-refractivity contribution in [1.29, 1.82) is 5.26 Å². The summed E-state index contributed by atoms with van der Waals surface area (Å²) in [5, 5.41) is 9.47. The zero-order valence-electron chi connectivity index (χ0n) is 14.2. The summed E-state index contributed by atoms with van der Waals surface area (Å²) < 4.78 is 11.3. The highest BCUT2D eigenvalue weighted by Crippen LogP contribution is 2.29. The van der Waals surface area contributed by atoms with E-state index in [1.165, 1.54) is 11.1 Å². The van der Waals surface area contributed by atoms with E-state index in [0.29, 0.717) is 13.0 Å². The van der Waals surface area contributed by atoms with Crippen molar-refractivity contribution in [1.82, 2.24) is 0 Å². The van der Waals surface area contributed by atoms with Gasteiger partial charge in [0.1, 0.15) is 11.5 Å². The van der Waals surface area contributed by atoms with Gasteiger partial charge in [-0.3, -0.25) is 0 Å². The zero-order valence-corrected chi connectivity index (χ0v) is 14.2. The minimum Gasteiger partial charge on any atom is -0.496 e. The number of hydrogen-bond acceptors (Lipinski definition) is 3. The number of nitrogens with zero attached hydrogens (tertiary/aromatic N) is 1. The number of para-hydroxylation sites is 1. The predicted octanol–water partition coefficient (Wildman–Crippen LogP) is 4.70. The quantitative estimate of drug-likeness (QED) is 0.777. The van der Waals surface area contributed by atoms with Crippen molar-refractivity contribution in [3.05, 3.63) is 58.7 Å². The molecule has 2 aromatic carbocycles. The lowest BCUT2D eigenvalue weighted by molar-refractivity contribution is 0.302. The summed E-state index contributed by atoms with van der Waals surface area (Å²) in [5.74, 6) is 1.41. The van der Waals surface area contributed by atoms with Gasteiger partial charge in [-0.1, -0.05) is 24.3 Å². The SMILES string of the molecule is COc1ccccc1C(C#N)CCOc1cc(C)c(C)cc1C. The van der Waals surface area contributed by atoms with E-state index in [0.717, 1.165) is 22.6 Å². The van der Waals surface area contributed by atoms with Crippen LogP contribution < -0.4 is 9.47 Å². The first-order valence-electron chi connectivity index (χ1n) is 7.80. The van der Waals surface area contributed by atoms with Crippen molar-refractivity contribution < 1.29 is 9.47 Å². The second-order valence-electron chi connectivity index (χ2n) is 5.76. The second-order valence-corrected chi connectivity index (χ2v) is 5.76. The van der Waals surface area contributed by atoms with Gasteiger partial charge in [0, 0.05) is 12.0 Å². The van der Waals surface area contributed by atoms with Gasteiger partial charge in [-0.25, -0.2) is 0 Å². The highest BCUT2D eigenvalue weighted by Gasteiger charge is 2.15. The fourth-order valence-corrected chi connectivity index (χ4v) is 2.62. The molecule has 1 atom stereocenters. The predicted molar refractivity (Wildman–Crippen MR) is 92.1 cm³/mol. The molecule has 23 heavy (non-hydrogen) atoms. The molecule has 0 saturated heterocycles. The Bertz CT molecular complexity index is 716. The number of rotatable bonds is 6. The summed E-state index contributed by atoms with van der Waals surface area (Å²) in [4.78, 5) is 0. The van der Waals surface area contributed by atoms with Crippen LogP contribution in [-0.4, -0.2) is 13.7 Å². The summed E-state index contributed by atoms with van der Waals surface area (Å²) >= 11 is 0. The summed E-state index contributed by atoms with van der Waals surface area (Å²) in [6, 6.07) is 14.2. The molecule has 2 aromatic rings. The Morgan fingerprint density at radius 1 is 1.00 bits per heavy atom. The van der Waals surface area contributed by atoms with Gasteiger partial charge in [0.05, 0.1) is 25.7 Å². The van der Waals surface area contributed by atoms with Crippen molar-refractivity contribution in [2.75, 3.05) is 13.7 Å². The summed E-state index contributed by atoms with van der Waals surface area (Å²) in [6.45, 7) is 6.72. The van der Waals surface area contributed by atoms with Crippen LogP contribution in [0.5, 0.6) is 11.5 Å². The van der Waals surface area contributed by atoms with Crippen LogP contribution >= 0.6 is 0 Å². The molecule has 0 saturated carbocycles. The lowest BCUT2D eigenvalue weighted by Gasteiger charge is -2.15. The minimum absolute atomic E-state index is 0.238. The lowest BCUT2D eigenvalue weighted by atomic mass is 9.96. The fourth-order valence-electron chi connectivity index (χ4n) is 2.62. The first-order valence-corrected chi connectivity index (χ1v) is 7.80. The third-order valence-electron chi connectivity index (χ3n) is 4.13. The molecule has 0 aliphatic carbocycles. The van der Waals surface area contributed by atoms with E-state index in [2.05, 4.69) is 32.0 Å². The lowest BCUT2D eigenvalue weighted by Crippen LogP contribution is -2.07. The van der Waals surface area contributed by atoms with Crippen molar-refractivity contribution in [3.8, 4) is 17.6 Å². The molecule has 3 nitrogen and oxygen atoms in total. The molecule has 0 fully saturated rings. The largest absolute Gasteiger partial charge is 0.496 e. The van der Waals surface area contributed by atoms with Gasteiger partial charge in [-0.15, -0.1) is 0 Å². The first-order chi connectivity index (χ1) is 11.1. The molecule has 120 valence electrons. The Morgan fingerprint density at radius 3 is 2.39 bits per heavy atom. The van der Waals surface area contributed by atoms with E-state index >= 15 is 0 Å². The van der Waals surface area contributed by atoms with Crippen molar-refractivity contribution in [2.45, 2.75) is 33.1 Å². The Morgan fingerprint density at radius 2 is 1.70 bits per heavy atom. The maximum absolute atomic E-state index is 9.47. The molecule has 0 spiro atoms. The maximum atomic E-state index is 9.47. The highest BCUT2D eigenvalue weighted by molar-refractivity contribution is 5.41. The van der Waals surface area contributed by atoms with Gasteiger partial charge in [0.25, 0.3) is 0 Å². The molecule has 0 bridgehead atoms. The standard InChI is InChI=1S/C20H23NO2/c1-14-11-16(3)20(12-15(14)2)23-10-9-17(13-21)18-7-5-6-8-19(18)22-4/h5-8,11-12,17H,9-10H2,1-4H3. The summed E-state index contributed by atoms with van der Waals surface area (Å²) in [6.07, 6.45) is 0.628. The third-order valence-corrected chi connectivity index (χ3v) is 4.13. The minimum atomic E-state index is -0.238. The summed E-state index contributed by atoms with van der Waals surface area (Å²) in [7, 11) is 1.63. The Balaban J connectivity index is 2.05. The van der Waals surface area contributed by atoms with Gasteiger partial charge in [0.15, 0.2) is 0 Å². The van der Waals surface area contributed by atoms with Gasteiger partial charge in [-0.05, 0) is 49.6 Å². The third kappa shape index (κ3) is 4.04. The van der Waals surface area contributed by atoms with Crippen LogP contribution in [-0.2, 0) is 0 Å². The van der Waals surface area contributed by atoms with Crippen LogP contribution in [0.3, 0.4) is 0 Å². The molecular weight excluding hydrogens is 286 g/mol. The molecule has 0 amide bonds. The van der Waals surface area contributed by atoms with Crippen molar-refractivity contribution in [3.63, 3.8) is 0 Å². The number of ether oxygens (including phenoxy) is 2. The molecule has 0 N–H and O–H groups in total. The van der Waals surface area contributed by atoms with Gasteiger partial charge in [-0.2, -0.15) is 5.26 Å². The van der Waals surface area contributed by atoms with E-state index in [-0.39, 0.29) is 5.92 Å². The summed E-state index contributed by atoms with van der Waals surface area (Å²) in [5.41, 5.74) is 4.52. The van der Waals surface area contributed by atoms with Crippen LogP contribution in [0.15, 0.2) is 36.4 Å². The topological polar surface area (TPSA) is 42.2 Å². The van der Waals surface area contributed by atoms with Crippen molar-refractivity contribution in [2.24, 2.45) is 0 Å². The number of hydrogen-bond donors (Lipinski definition) is 0. The Kier molecular flexibility index (Phi) is 5.65. The van der Waals surface area contributed by atoms with Crippen LogP contribution in [0, 0.1) is 32.1 Å². The Hall–Kier alpha value is -2.47. The molecule has 0 aliphatic rings. The number of methoxy groups -OCH3 is 1. The Labute approximate surface area is 138 Å². The second kappa shape index (κ2) is 7.69. The van der Waals surface area contributed by atoms with Gasteiger partial charge < -0.3 is 9.47 Å². The van der Waals surface area contributed by atoms with E-state index in [4.69, 9.17) is 9.47 Å². The average Bonchev–Trinajstić information content (AvgIpc) is 2.56. The van der Waals surface area contributed by atoms with E-state index in [1.54, 1.807) is 7.11 Å². The molecule has 2 rings (SSSR count). The van der Waals surface area contributed by atoms with Crippen LogP contribution in [0.1, 0.15) is 34.6 Å². The monoisotopic (exact) mass is 309 g/mol. The molecule has 0 aromatic heterocycles. The molecule has 0 aliphatic heterocycles. The fraction of sp³-hybridized carbons (Fsp3) is 0.350. The molecular formula is C20H23NO2. The first kappa shape index (κ1) is 16.9. The molecule has 3 heteroatoms. The van der Waals surface area contributed by atoms with Crippen LogP contribution in [0.2, 0.25) is 0 Å². The van der Waals surface area contributed by atoms with E-state index in [9.17, 15) is 5.26 Å². The molecule has 1 unspecified atom stereocenters. The van der Waals surface area contributed by atoms with Gasteiger partial charge in [0.2, 0.25) is 0 Å². The average molecular weight is 309 g/mol.